The molecule has 2 nitrogen and oxygen atoms in total. The van der Waals surface area contributed by atoms with Crippen LogP contribution in [0.5, 0.6) is 0 Å². The predicted molar refractivity (Wildman–Crippen MR) is 64.5 cm³/mol. The minimum atomic E-state index is -0.0853. The summed E-state index contributed by atoms with van der Waals surface area (Å²) in [7, 11) is 0. The molecule has 0 aliphatic rings. The zero-order valence-corrected chi connectivity index (χ0v) is 9.58. The van der Waals surface area contributed by atoms with Crippen LogP contribution in [0.1, 0.15) is 38.1 Å². The average molecular weight is 203 g/mol. The number of nitrogens with zero attached hydrogens (tertiary/aromatic N) is 1. The number of hydrogen-bond acceptors (Lipinski definition) is 2. The second kappa shape index (κ2) is 4.30. The number of oxazole rings is 1. The van der Waals surface area contributed by atoms with Gasteiger partial charge in [0.05, 0.1) is 0 Å². The molecule has 15 heavy (non-hydrogen) atoms. The first-order valence-corrected chi connectivity index (χ1v) is 4.92. The molecule has 0 aromatic carbocycles. The van der Waals surface area contributed by atoms with Crippen molar-refractivity contribution in [3.8, 4) is 0 Å². The summed E-state index contributed by atoms with van der Waals surface area (Å²) < 4.78 is 5.66. The van der Waals surface area contributed by atoms with Crippen molar-refractivity contribution in [1.29, 1.82) is 0 Å². The fourth-order valence-electron chi connectivity index (χ4n) is 1.09. The van der Waals surface area contributed by atoms with E-state index in [1.165, 1.54) is 0 Å². The van der Waals surface area contributed by atoms with Crippen molar-refractivity contribution in [1.82, 2.24) is 4.98 Å². The molecule has 1 rings (SSSR count). The van der Waals surface area contributed by atoms with Gasteiger partial charge in [-0.2, -0.15) is 0 Å². The van der Waals surface area contributed by atoms with Crippen LogP contribution in [0.15, 0.2) is 29.7 Å². The Kier molecular flexibility index (Phi) is 3.30. The summed E-state index contributed by atoms with van der Waals surface area (Å²) in [5, 5.41) is 0. The highest BCUT2D eigenvalue weighted by Gasteiger charge is 2.21. The van der Waals surface area contributed by atoms with Gasteiger partial charge in [-0.25, -0.2) is 4.98 Å². The maximum Gasteiger partial charge on any atom is 0.200 e. The summed E-state index contributed by atoms with van der Waals surface area (Å²) in [5.74, 6) is 1.45. The van der Waals surface area contributed by atoms with Crippen molar-refractivity contribution >= 4 is 12.2 Å². The molecule has 0 N–H and O–H groups in total. The van der Waals surface area contributed by atoms with Crippen molar-refractivity contribution in [3.63, 3.8) is 0 Å². The molecule has 1 aromatic rings. The van der Waals surface area contributed by atoms with Gasteiger partial charge in [-0.15, -0.1) is 0 Å². The normalized spacial score (nSPS) is 11.9. The number of aromatic nitrogens is 1. The molecule has 0 amide bonds. The van der Waals surface area contributed by atoms with Crippen LogP contribution in [0.2, 0.25) is 0 Å². The SMILES string of the molecule is C=C/C=C\c1oc(C(C)(C)C)nc1C=C. The Labute approximate surface area is 91.0 Å². The zero-order chi connectivity index (χ0) is 11.5. The summed E-state index contributed by atoms with van der Waals surface area (Å²) in [5.41, 5.74) is 0.691. The minimum absolute atomic E-state index is 0.0853. The van der Waals surface area contributed by atoms with E-state index in [0.717, 1.165) is 17.3 Å². The summed E-state index contributed by atoms with van der Waals surface area (Å²) in [6.45, 7) is 13.5. The molecule has 0 fully saturated rings. The van der Waals surface area contributed by atoms with Gasteiger partial charge in [-0.1, -0.05) is 46.1 Å². The van der Waals surface area contributed by atoms with Gasteiger partial charge in [0.15, 0.2) is 5.76 Å². The van der Waals surface area contributed by atoms with Gasteiger partial charge in [-0.3, -0.25) is 0 Å². The van der Waals surface area contributed by atoms with Gasteiger partial charge in [0, 0.05) is 5.41 Å². The summed E-state index contributed by atoms with van der Waals surface area (Å²) >= 11 is 0. The van der Waals surface area contributed by atoms with Crippen molar-refractivity contribution in [2.75, 3.05) is 0 Å². The molecule has 0 atom stereocenters. The third-order valence-electron chi connectivity index (χ3n) is 1.90. The van der Waals surface area contributed by atoms with E-state index in [-0.39, 0.29) is 5.41 Å². The van der Waals surface area contributed by atoms with Gasteiger partial charge >= 0.3 is 0 Å². The molecule has 0 saturated carbocycles. The highest BCUT2D eigenvalue weighted by Crippen LogP contribution is 2.25. The van der Waals surface area contributed by atoms with Crippen molar-refractivity contribution in [2.45, 2.75) is 26.2 Å². The molecular formula is C13H17NO. The Morgan fingerprint density at radius 3 is 2.40 bits per heavy atom. The Balaban J connectivity index is 3.16. The Morgan fingerprint density at radius 1 is 1.27 bits per heavy atom. The van der Waals surface area contributed by atoms with Crippen molar-refractivity contribution < 1.29 is 4.42 Å². The lowest BCUT2D eigenvalue weighted by molar-refractivity contribution is 0.389. The molecular weight excluding hydrogens is 186 g/mol. The van der Waals surface area contributed by atoms with E-state index in [1.54, 1.807) is 12.2 Å². The molecule has 0 saturated heterocycles. The van der Waals surface area contributed by atoms with Gasteiger partial charge in [0.25, 0.3) is 0 Å². The number of allylic oxidation sites excluding steroid dienone is 2. The predicted octanol–water partition coefficient (Wildman–Crippen LogP) is 3.81. The number of hydrogen-bond donors (Lipinski definition) is 0. The topological polar surface area (TPSA) is 26.0 Å². The average Bonchev–Trinajstić information content (AvgIpc) is 2.57. The third kappa shape index (κ3) is 2.69. The number of rotatable bonds is 3. The van der Waals surface area contributed by atoms with Crippen LogP contribution in [0.3, 0.4) is 0 Å². The van der Waals surface area contributed by atoms with Crippen molar-refractivity contribution in [3.05, 3.63) is 42.7 Å². The maximum absolute atomic E-state index is 5.66. The Bertz CT molecular complexity index is 391. The second-order valence-corrected chi connectivity index (χ2v) is 4.32. The molecule has 0 radical (unpaired) electrons. The lowest BCUT2D eigenvalue weighted by Crippen LogP contribution is -2.11. The van der Waals surface area contributed by atoms with E-state index in [0.29, 0.717) is 0 Å². The van der Waals surface area contributed by atoms with Crippen LogP contribution in [-0.2, 0) is 5.41 Å². The quantitative estimate of drug-likeness (QED) is 0.698. The first kappa shape index (κ1) is 11.5. The highest BCUT2D eigenvalue weighted by atomic mass is 16.4. The lowest BCUT2D eigenvalue weighted by atomic mass is 9.97. The van der Waals surface area contributed by atoms with Crippen LogP contribution in [0.4, 0.5) is 0 Å². The fourth-order valence-corrected chi connectivity index (χ4v) is 1.09. The van der Waals surface area contributed by atoms with Crippen LogP contribution in [0, 0.1) is 0 Å². The van der Waals surface area contributed by atoms with Crippen LogP contribution < -0.4 is 0 Å². The molecule has 80 valence electrons. The maximum atomic E-state index is 5.66. The third-order valence-corrected chi connectivity index (χ3v) is 1.90. The molecule has 0 bridgehead atoms. The molecule has 2 heteroatoms. The Hall–Kier alpha value is -1.57. The summed E-state index contributed by atoms with van der Waals surface area (Å²) in [6, 6.07) is 0. The smallest absolute Gasteiger partial charge is 0.200 e. The minimum Gasteiger partial charge on any atom is -0.440 e. The van der Waals surface area contributed by atoms with E-state index in [1.807, 2.05) is 12.2 Å². The molecule has 0 spiro atoms. The van der Waals surface area contributed by atoms with E-state index >= 15 is 0 Å². The lowest BCUT2D eigenvalue weighted by Gasteiger charge is -2.11. The molecule has 0 aliphatic carbocycles. The Morgan fingerprint density at radius 2 is 1.93 bits per heavy atom. The molecule has 0 aliphatic heterocycles. The van der Waals surface area contributed by atoms with E-state index < -0.39 is 0 Å². The fraction of sp³-hybridized carbons (Fsp3) is 0.308. The van der Waals surface area contributed by atoms with Gasteiger partial charge in [-0.05, 0) is 12.2 Å². The van der Waals surface area contributed by atoms with E-state index in [9.17, 15) is 0 Å². The standard InChI is InChI=1S/C13H17NO/c1-6-8-9-11-10(7-2)14-12(15-11)13(3,4)5/h6-9H,1-2H2,3-5H3/b9-8-. The van der Waals surface area contributed by atoms with Crippen LogP contribution >= 0.6 is 0 Å². The van der Waals surface area contributed by atoms with E-state index in [4.69, 9.17) is 4.42 Å². The molecule has 1 aromatic heterocycles. The van der Waals surface area contributed by atoms with E-state index in [2.05, 4.69) is 38.9 Å². The molecule has 1 heterocycles. The van der Waals surface area contributed by atoms with Gasteiger partial charge in [0.1, 0.15) is 5.69 Å². The van der Waals surface area contributed by atoms with Crippen LogP contribution in [0.25, 0.3) is 12.2 Å². The first-order valence-electron chi connectivity index (χ1n) is 4.92. The van der Waals surface area contributed by atoms with Gasteiger partial charge in [0.2, 0.25) is 5.89 Å². The second-order valence-electron chi connectivity index (χ2n) is 4.32. The summed E-state index contributed by atoms with van der Waals surface area (Å²) in [4.78, 5) is 4.38. The zero-order valence-electron chi connectivity index (χ0n) is 9.58. The summed E-state index contributed by atoms with van der Waals surface area (Å²) in [6.07, 6.45) is 7.06. The first-order chi connectivity index (χ1) is 6.99. The molecule has 0 unspecified atom stereocenters. The van der Waals surface area contributed by atoms with Crippen LogP contribution in [-0.4, -0.2) is 4.98 Å². The largest absolute Gasteiger partial charge is 0.440 e. The monoisotopic (exact) mass is 203 g/mol. The van der Waals surface area contributed by atoms with Gasteiger partial charge < -0.3 is 4.42 Å². The van der Waals surface area contributed by atoms with Crippen molar-refractivity contribution in [2.24, 2.45) is 0 Å². The highest BCUT2D eigenvalue weighted by molar-refractivity contribution is 5.58.